The highest BCUT2D eigenvalue weighted by molar-refractivity contribution is 5.98. The summed E-state index contributed by atoms with van der Waals surface area (Å²) in [5.74, 6) is 0.563. The Hall–Kier alpha value is -1.71. The highest BCUT2D eigenvalue weighted by Crippen LogP contribution is 2.32. The molecule has 4 heteroatoms. The lowest BCUT2D eigenvalue weighted by molar-refractivity contribution is 0.000559. The number of nitrogens with two attached hydrogens (primary N) is 1. The minimum atomic E-state index is -0.370. The number of benzene rings is 1. The molecule has 2 rings (SSSR count). The molecular weight excluding hydrogens is 254 g/mol. The fourth-order valence-corrected chi connectivity index (χ4v) is 2.93. The molecule has 0 saturated heterocycles. The molecule has 4 nitrogen and oxygen atoms in total. The first kappa shape index (κ1) is 14.7. The normalized spacial score (nSPS) is 22.3. The van der Waals surface area contributed by atoms with Crippen LogP contribution in [0.25, 0.3) is 0 Å². The van der Waals surface area contributed by atoms with Gasteiger partial charge in [-0.05, 0) is 43.7 Å². The van der Waals surface area contributed by atoms with Gasteiger partial charge in [0.1, 0.15) is 17.4 Å². The molecule has 1 saturated carbocycles. The Bertz CT molecular complexity index is 473. The number of nitrogen functional groups attached to an aromatic ring is 1. The standard InChI is InChI=1S/C16H23NO3/c1-3-11-7-4-5-9-13(11)20-16(18)15-12(17)8-6-10-14(15)19-2/h6,8,10-11,13H,3-5,7,9,17H2,1-2H3. The van der Waals surface area contributed by atoms with Gasteiger partial charge >= 0.3 is 5.97 Å². The fourth-order valence-electron chi connectivity index (χ4n) is 2.93. The maximum Gasteiger partial charge on any atom is 0.344 e. The Morgan fingerprint density at radius 3 is 2.80 bits per heavy atom. The molecule has 0 amide bonds. The third-order valence-corrected chi connectivity index (χ3v) is 4.10. The van der Waals surface area contributed by atoms with Crippen LogP contribution in [-0.2, 0) is 4.74 Å². The van der Waals surface area contributed by atoms with Gasteiger partial charge in [0.05, 0.1) is 7.11 Å². The predicted octanol–water partition coefficient (Wildman–Crippen LogP) is 3.40. The molecule has 0 bridgehead atoms. The van der Waals surface area contributed by atoms with E-state index in [9.17, 15) is 4.79 Å². The molecule has 20 heavy (non-hydrogen) atoms. The van der Waals surface area contributed by atoms with E-state index in [1.165, 1.54) is 13.5 Å². The quantitative estimate of drug-likeness (QED) is 0.676. The molecule has 0 radical (unpaired) electrons. The van der Waals surface area contributed by atoms with Crippen LogP contribution in [0.4, 0.5) is 5.69 Å². The average molecular weight is 277 g/mol. The Morgan fingerprint density at radius 2 is 2.10 bits per heavy atom. The lowest BCUT2D eigenvalue weighted by Gasteiger charge is -2.30. The van der Waals surface area contributed by atoms with E-state index in [-0.39, 0.29) is 12.1 Å². The number of ether oxygens (including phenoxy) is 2. The summed E-state index contributed by atoms with van der Waals surface area (Å²) in [6.07, 6.45) is 5.47. The molecule has 2 unspecified atom stereocenters. The first-order valence-electron chi connectivity index (χ1n) is 7.30. The highest BCUT2D eigenvalue weighted by atomic mass is 16.5. The van der Waals surface area contributed by atoms with Gasteiger partial charge in [-0.2, -0.15) is 0 Å². The van der Waals surface area contributed by atoms with Crippen molar-refractivity contribution in [2.24, 2.45) is 5.92 Å². The van der Waals surface area contributed by atoms with Crippen molar-refractivity contribution in [3.05, 3.63) is 23.8 Å². The number of rotatable bonds is 4. The second kappa shape index (κ2) is 6.64. The summed E-state index contributed by atoms with van der Waals surface area (Å²) in [6, 6.07) is 5.18. The van der Waals surface area contributed by atoms with E-state index in [1.54, 1.807) is 18.2 Å². The molecule has 0 heterocycles. The minimum absolute atomic E-state index is 0.00515. The van der Waals surface area contributed by atoms with Crippen LogP contribution in [0.15, 0.2) is 18.2 Å². The van der Waals surface area contributed by atoms with Crippen molar-refractivity contribution < 1.29 is 14.3 Å². The summed E-state index contributed by atoms with van der Waals surface area (Å²) in [6.45, 7) is 2.15. The van der Waals surface area contributed by atoms with Crippen LogP contribution >= 0.6 is 0 Å². The maximum absolute atomic E-state index is 12.4. The van der Waals surface area contributed by atoms with Crippen LogP contribution in [0.5, 0.6) is 5.75 Å². The van der Waals surface area contributed by atoms with Gasteiger partial charge in [0, 0.05) is 5.69 Å². The summed E-state index contributed by atoms with van der Waals surface area (Å²) < 4.78 is 10.9. The maximum atomic E-state index is 12.4. The van der Waals surface area contributed by atoms with Crippen LogP contribution in [0.3, 0.4) is 0 Å². The molecule has 1 fully saturated rings. The SMILES string of the molecule is CCC1CCCCC1OC(=O)c1c(N)cccc1OC. The number of hydrogen-bond donors (Lipinski definition) is 1. The van der Waals surface area contributed by atoms with Gasteiger partial charge in [-0.1, -0.05) is 19.4 Å². The highest BCUT2D eigenvalue weighted by Gasteiger charge is 2.29. The minimum Gasteiger partial charge on any atom is -0.496 e. The second-order valence-electron chi connectivity index (χ2n) is 5.32. The third kappa shape index (κ3) is 3.06. The number of hydrogen-bond acceptors (Lipinski definition) is 4. The topological polar surface area (TPSA) is 61.5 Å². The van der Waals surface area contributed by atoms with Crippen LogP contribution in [0.1, 0.15) is 49.4 Å². The Kier molecular flexibility index (Phi) is 4.88. The number of carbonyl (C=O) groups is 1. The largest absolute Gasteiger partial charge is 0.496 e. The van der Waals surface area contributed by atoms with Crippen molar-refractivity contribution in [2.75, 3.05) is 12.8 Å². The number of methoxy groups -OCH3 is 1. The van der Waals surface area contributed by atoms with Crippen molar-refractivity contribution in [2.45, 2.75) is 45.1 Å². The summed E-state index contributed by atoms with van der Waals surface area (Å²) in [4.78, 5) is 12.4. The third-order valence-electron chi connectivity index (χ3n) is 4.10. The van der Waals surface area contributed by atoms with E-state index in [1.807, 2.05) is 0 Å². The van der Waals surface area contributed by atoms with Crippen molar-refractivity contribution in [1.82, 2.24) is 0 Å². The smallest absolute Gasteiger partial charge is 0.344 e. The molecule has 0 aromatic heterocycles. The zero-order valence-electron chi connectivity index (χ0n) is 12.2. The molecule has 1 aromatic rings. The molecular formula is C16H23NO3. The first-order valence-corrected chi connectivity index (χ1v) is 7.30. The molecule has 110 valence electrons. The van der Waals surface area contributed by atoms with E-state index in [4.69, 9.17) is 15.2 Å². The number of carbonyl (C=O) groups excluding carboxylic acids is 1. The lowest BCUT2D eigenvalue weighted by Crippen LogP contribution is -2.30. The van der Waals surface area contributed by atoms with Gasteiger partial charge in [0.15, 0.2) is 0 Å². The number of esters is 1. The van der Waals surface area contributed by atoms with E-state index < -0.39 is 0 Å². The van der Waals surface area contributed by atoms with Crippen molar-refractivity contribution >= 4 is 11.7 Å². The molecule has 0 spiro atoms. The summed E-state index contributed by atoms with van der Waals surface area (Å²) >= 11 is 0. The molecule has 0 aliphatic heterocycles. The van der Waals surface area contributed by atoms with Gasteiger partial charge in [-0.15, -0.1) is 0 Å². The van der Waals surface area contributed by atoms with Crippen LogP contribution in [0, 0.1) is 5.92 Å². The van der Waals surface area contributed by atoms with E-state index in [0.29, 0.717) is 22.9 Å². The summed E-state index contributed by atoms with van der Waals surface area (Å²) in [5.41, 5.74) is 6.63. The van der Waals surface area contributed by atoms with Crippen LogP contribution in [-0.4, -0.2) is 19.2 Å². The van der Waals surface area contributed by atoms with Gasteiger partial charge in [0.25, 0.3) is 0 Å². The van der Waals surface area contributed by atoms with Crippen molar-refractivity contribution in [1.29, 1.82) is 0 Å². The average Bonchev–Trinajstić information content (AvgIpc) is 2.47. The van der Waals surface area contributed by atoms with E-state index in [2.05, 4.69) is 6.92 Å². The molecule has 2 N–H and O–H groups in total. The second-order valence-corrected chi connectivity index (χ2v) is 5.32. The van der Waals surface area contributed by atoms with Crippen LogP contribution in [0.2, 0.25) is 0 Å². The summed E-state index contributed by atoms with van der Waals surface area (Å²) in [7, 11) is 1.53. The zero-order chi connectivity index (χ0) is 14.5. The van der Waals surface area contributed by atoms with Gasteiger partial charge in [-0.25, -0.2) is 4.79 Å². The van der Waals surface area contributed by atoms with Gasteiger partial charge in [0.2, 0.25) is 0 Å². The lowest BCUT2D eigenvalue weighted by atomic mass is 9.85. The van der Waals surface area contributed by atoms with Gasteiger partial charge in [-0.3, -0.25) is 0 Å². The molecule has 2 atom stereocenters. The van der Waals surface area contributed by atoms with Crippen molar-refractivity contribution in [3.63, 3.8) is 0 Å². The monoisotopic (exact) mass is 277 g/mol. The van der Waals surface area contributed by atoms with E-state index >= 15 is 0 Å². The van der Waals surface area contributed by atoms with Gasteiger partial charge < -0.3 is 15.2 Å². The Morgan fingerprint density at radius 1 is 1.35 bits per heavy atom. The molecule has 1 aromatic carbocycles. The zero-order valence-corrected chi connectivity index (χ0v) is 12.2. The Balaban J connectivity index is 2.15. The molecule has 1 aliphatic carbocycles. The van der Waals surface area contributed by atoms with Crippen molar-refractivity contribution in [3.8, 4) is 5.75 Å². The van der Waals surface area contributed by atoms with Crippen LogP contribution < -0.4 is 10.5 Å². The molecule has 1 aliphatic rings. The first-order chi connectivity index (χ1) is 9.67. The van der Waals surface area contributed by atoms with E-state index in [0.717, 1.165) is 25.7 Å². The predicted molar refractivity (Wildman–Crippen MR) is 78.9 cm³/mol. The fraction of sp³-hybridized carbons (Fsp3) is 0.562. The summed E-state index contributed by atoms with van der Waals surface area (Å²) in [5, 5.41) is 0. The number of anilines is 1. The Labute approximate surface area is 120 Å².